The van der Waals surface area contributed by atoms with E-state index >= 15 is 0 Å². The van der Waals surface area contributed by atoms with Gasteiger partial charge in [-0.3, -0.25) is 0 Å². The van der Waals surface area contributed by atoms with Gasteiger partial charge in [-0.25, -0.2) is 14.3 Å². The number of nitrogens with zero attached hydrogens (tertiary/aromatic N) is 2. The van der Waals surface area contributed by atoms with Crippen LogP contribution in [0.25, 0.3) is 11.0 Å². The van der Waals surface area contributed by atoms with E-state index in [4.69, 9.17) is 4.74 Å². The zero-order chi connectivity index (χ0) is 14.7. The Kier molecular flexibility index (Phi) is 3.69. The van der Waals surface area contributed by atoms with Gasteiger partial charge in [-0.05, 0) is 29.7 Å². The van der Waals surface area contributed by atoms with Crippen molar-refractivity contribution in [2.75, 3.05) is 0 Å². The number of carbonyl (C=O) groups is 1. The number of aromatic nitrogens is 2. The molecule has 3 rings (SSSR count). The van der Waals surface area contributed by atoms with E-state index in [1.807, 2.05) is 36.4 Å². The smallest absolute Gasteiger partial charge is 0.420 e. The van der Waals surface area contributed by atoms with Crippen molar-refractivity contribution in [3.8, 4) is 0 Å². The van der Waals surface area contributed by atoms with Crippen molar-refractivity contribution in [3.63, 3.8) is 0 Å². The first-order valence-corrected chi connectivity index (χ1v) is 6.95. The van der Waals surface area contributed by atoms with Gasteiger partial charge < -0.3 is 4.74 Å². The Labute approximate surface area is 123 Å². The fourth-order valence-electron chi connectivity index (χ4n) is 2.19. The number of carbonyl (C=O) groups excluding carboxylic acids is 1. The van der Waals surface area contributed by atoms with Crippen LogP contribution in [0.15, 0.2) is 54.9 Å². The minimum Gasteiger partial charge on any atom is -0.444 e. The van der Waals surface area contributed by atoms with E-state index in [9.17, 15) is 4.79 Å². The molecule has 106 valence electrons. The van der Waals surface area contributed by atoms with E-state index in [-0.39, 0.29) is 6.61 Å². The lowest BCUT2D eigenvalue weighted by Gasteiger charge is -2.06. The molecule has 0 bridgehead atoms. The highest BCUT2D eigenvalue weighted by Gasteiger charge is 2.10. The van der Waals surface area contributed by atoms with Crippen molar-refractivity contribution in [1.29, 1.82) is 0 Å². The number of hydrogen-bond acceptors (Lipinski definition) is 3. The minimum absolute atomic E-state index is 0.259. The van der Waals surface area contributed by atoms with E-state index in [0.29, 0.717) is 0 Å². The van der Waals surface area contributed by atoms with Crippen LogP contribution in [0.3, 0.4) is 0 Å². The number of rotatable bonds is 3. The van der Waals surface area contributed by atoms with Crippen molar-refractivity contribution in [3.05, 3.63) is 66.0 Å². The molecule has 0 aliphatic carbocycles. The zero-order valence-corrected chi connectivity index (χ0v) is 11.8. The quantitative estimate of drug-likeness (QED) is 0.733. The van der Waals surface area contributed by atoms with Crippen molar-refractivity contribution >= 4 is 17.1 Å². The molecule has 0 unspecified atom stereocenters. The van der Waals surface area contributed by atoms with Crippen LogP contribution in [0.5, 0.6) is 0 Å². The molecule has 0 atom stereocenters. The Morgan fingerprint density at radius 3 is 2.57 bits per heavy atom. The number of aryl methyl sites for hydroxylation is 1. The Morgan fingerprint density at radius 1 is 1.10 bits per heavy atom. The fraction of sp³-hybridized carbons (Fsp3) is 0.176. The zero-order valence-electron chi connectivity index (χ0n) is 11.8. The summed E-state index contributed by atoms with van der Waals surface area (Å²) >= 11 is 0. The van der Waals surface area contributed by atoms with Crippen LogP contribution < -0.4 is 0 Å². The predicted octanol–water partition coefficient (Wildman–Crippen LogP) is 3.78. The fourth-order valence-corrected chi connectivity index (χ4v) is 2.19. The first-order valence-electron chi connectivity index (χ1n) is 6.95. The van der Waals surface area contributed by atoms with E-state index in [1.54, 1.807) is 0 Å². The van der Waals surface area contributed by atoms with Gasteiger partial charge in [0, 0.05) is 0 Å². The van der Waals surface area contributed by atoms with Gasteiger partial charge >= 0.3 is 6.09 Å². The van der Waals surface area contributed by atoms with Gasteiger partial charge in [0.2, 0.25) is 0 Å². The van der Waals surface area contributed by atoms with E-state index in [2.05, 4.69) is 24.0 Å². The van der Waals surface area contributed by atoms with E-state index in [1.165, 1.54) is 16.5 Å². The van der Waals surface area contributed by atoms with Crippen LogP contribution in [-0.4, -0.2) is 15.6 Å². The number of benzene rings is 2. The lowest BCUT2D eigenvalue weighted by Crippen LogP contribution is -2.12. The summed E-state index contributed by atoms with van der Waals surface area (Å²) in [6, 6.07) is 15.5. The summed E-state index contributed by atoms with van der Waals surface area (Å²) in [6.45, 7) is 2.37. The summed E-state index contributed by atoms with van der Waals surface area (Å²) < 4.78 is 6.76. The maximum Gasteiger partial charge on any atom is 0.420 e. The first kappa shape index (κ1) is 13.4. The van der Waals surface area contributed by atoms with Gasteiger partial charge in [0.1, 0.15) is 12.9 Å². The molecule has 0 spiro atoms. The van der Waals surface area contributed by atoms with E-state index < -0.39 is 6.09 Å². The van der Waals surface area contributed by atoms with Gasteiger partial charge in [0.05, 0.1) is 11.0 Å². The molecule has 0 radical (unpaired) electrons. The molecule has 0 aliphatic heterocycles. The minimum atomic E-state index is -0.414. The van der Waals surface area contributed by atoms with Crippen molar-refractivity contribution < 1.29 is 9.53 Å². The number of para-hydroxylation sites is 2. The summed E-state index contributed by atoms with van der Waals surface area (Å²) in [4.78, 5) is 16.3. The maximum atomic E-state index is 12.1. The second kappa shape index (κ2) is 5.79. The third-order valence-corrected chi connectivity index (χ3v) is 3.44. The molecular formula is C17H16N2O2. The van der Waals surface area contributed by atoms with Gasteiger partial charge in [-0.15, -0.1) is 0 Å². The topological polar surface area (TPSA) is 44.1 Å². The van der Waals surface area contributed by atoms with Crippen LogP contribution in [0.4, 0.5) is 4.79 Å². The number of hydrogen-bond donors (Lipinski definition) is 0. The van der Waals surface area contributed by atoms with Crippen LogP contribution in [-0.2, 0) is 17.8 Å². The largest absolute Gasteiger partial charge is 0.444 e. The predicted molar refractivity (Wildman–Crippen MR) is 81.1 cm³/mol. The van der Waals surface area contributed by atoms with Gasteiger partial charge in [0.25, 0.3) is 0 Å². The average molecular weight is 280 g/mol. The van der Waals surface area contributed by atoms with Crippen LogP contribution in [0.2, 0.25) is 0 Å². The third kappa shape index (κ3) is 2.79. The lowest BCUT2D eigenvalue weighted by atomic mass is 10.1. The van der Waals surface area contributed by atoms with Crippen LogP contribution in [0.1, 0.15) is 18.1 Å². The Balaban J connectivity index is 1.71. The molecule has 0 fully saturated rings. The maximum absolute atomic E-state index is 12.1. The summed E-state index contributed by atoms with van der Waals surface area (Å²) in [7, 11) is 0. The van der Waals surface area contributed by atoms with Gasteiger partial charge in [0.15, 0.2) is 0 Å². The highest BCUT2D eigenvalue weighted by molar-refractivity contribution is 5.86. The standard InChI is InChI=1S/C17H16N2O2/c1-2-13-7-9-14(10-8-13)11-21-17(20)19-12-18-15-5-3-4-6-16(15)19/h3-10,12H,2,11H2,1H3. The molecule has 1 aromatic heterocycles. The molecule has 21 heavy (non-hydrogen) atoms. The monoisotopic (exact) mass is 280 g/mol. The third-order valence-electron chi connectivity index (χ3n) is 3.44. The SMILES string of the molecule is CCc1ccc(COC(=O)n2cnc3ccccc32)cc1. The Hall–Kier alpha value is -2.62. The first-order chi connectivity index (χ1) is 10.3. The summed E-state index contributed by atoms with van der Waals surface area (Å²) in [5.41, 5.74) is 3.78. The second-order valence-corrected chi connectivity index (χ2v) is 4.83. The normalized spacial score (nSPS) is 10.7. The second-order valence-electron chi connectivity index (χ2n) is 4.83. The van der Waals surface area contributed by atoms with Crippen molar-refractivity contribution in [2.24, 2.45) is 0 Å². The van der Waals surface area contributed by atoms with Crippen molar-refractivity contribution in [1.82, 2.24) is 9.55 Å². The number of fused-ring (bicyclic) bond motifs is 1. The molecule has 0 aliphatic rings. The molecule has 0 saturated heterocycles. The average Bonchev–Trinajstić information content (AvgIpc) is 2.97. The van der Waals surface area contributed by atoms with Crippen molar-refractivity contribution in [2.45, 2.75) is 20.0 Å². The molecule has 2 aromatic carbocycles. The molecule has 0 N–H and O–H groups in total. The summed E-state index contributed by atoms with van der Waals surface area (Å²) in [5.74, 6) is 0. The highest BCUT2D eigenvalue weighted by atomic mass is 16.5. The van der Waals surface area contributed by atoms with E-state index in [0.717, 1.165) is 23.0 Å². The molecule has 1 heterocycles. The molecule has 4 heteroatoms. The number of ether oxygens (including phenoxy) is 1. The number of imidazole rings is 1. The van der Waals surface area contributed by atoms with Gasteiger partial charge in [-0.2, -0.15) is 0 Å². The molecule has 3 aromatic rings. The lowest BCUT2D eigenvalue weighted by molar-refractivity contribution is 0.142. The molecular weight excluding hydrogens is 264 g/mol. The summed E-state index contributed by atoms with van der Waals surface area (Å²) in [6.07, 6.45) is 2.08. The molecule has 4 nitrogen and oxygen atoms in total. The highest BCUT2D eigenvalue weighted by Crippen LogP contribution is 2.13. The summed E-state index contributed by atoms with van der Waals surface area (Å²) in [5, 5.41) is 0. The van der Waals surface area contributed by atoms with Gasteiger partial charge in [-0.1, -0.05) is 43.3 Å². The molecule has 0 saturated carbocycles. The Bertz CT molecular complexity index is 760. The Morgan fingerprint density at radius 2 is 1.81 bits per heavy atom. The molecule has 0 amide bonds. The van der Waals surface area contributed by atoms with Crippen LogP contribution >= 0.6 is 0 Å². The van der Waals surface area contributed by atoms with Crippen LogP contribution in [0, 0.1) is 0 Å².